The molecule has 3 aromatic carbocycles. The van der Waals surface area contributed by atoms with Gasteiger partial charge in [-0.2, -0.15) is 5.10 Å². The van der Waals surface area contributed by atoms with E-state index in [-0.39, 0.29) is 10.6 Å². The summed E-state index contributed by atoms with van der Waals surface area (Å²) in [5.41, 5.74) is 3.17. The third-order valence-corrected chi connectivity index (χ3v) is 6.33. The molecule has 0 aliphatic rings. The maximum Gasteiger partial charge on any atom is 0.343 e. The molecule has 38 heavy (non-hydrogen) atoms. The summed E-state index contributed by atoms with van der Waals surface area (Å²) in [6.45, 7) is 4.23. The fourth-order valence-electron chi connectivity index (χ4n) is 3.09. The highest BCUT2D eigenvalue weighted by Crippen LogP contribution is 2.29. The number of carbonyl (C=O) groups excluding carboxylic acids is 2. The molecule has 0 unspecified atom stereocenters. The van der Waals surface area contributed by atoms with Gasteiger partial charge in [0, 0.05) is 0 Å². The van der Waals surface area contributed by atoms with Gasteiger partial charge in [-0.15, -0.1) is 0 Å². The van der Waals surface area contributed by atoms with E-state index >= 15 is 0 Å². The summed E-state index contributed by atoms with van der Waals surface area (Å²) in [7, 11) is -3.81. The molecule has 0 fully saturated rings. The first kappa shape index (κ1) is 28.4. The van der Waals surface area contributed by atoms with Crippen molar-refractivity contribution in [2.75, 3.05) is 19.8 Å². The predicted octanol–water partition coefficient (Wildman–Crippen LogP) is 3.52. The summed E-state index contributed by atoms with van der Waals surface area (Å²) in [6, 6.07) is 19.1. The Balaban J connectivity index is 1.58. The van der Waals surface area contributed by atoms with Crippen LogP contribution >= 0.6 is 0 Å². The molecule has 0 atom stereocenters. The number of ether oxygens (including phenoxy) is 3. The molecule has 11 heteroatoms. The normalized spacial score (nSPS) is 11.2. The van der Waals surface area contributed by atoms with Gasteiger partial charge >= 0.3 is 5.97 Å². The van der Waals surface area contributed by atoms with Crippen molar-refractivity contribution in [2.45, 2.75) is 25.2 Å². The van der Waals surface area contributed by atoms with Crippen molar-refractivity contribution >= 4 is 28.1 Å². The minimum atomic E-state index is -3.81. The number of sulfonamides is 1. The number of benzene rings is 3. The van der Waals surface area contributed by atoms with E-state index in [2.05, 4.69) is 15.2 Å². The van der Waals surface area contributed by atoms with Gasteiger partial charge in [0.2, 0.25) is 10.0 Å². The number of esters is 1. The lowest BCUT2D eigenvalue weighted by molar-refractivity contribution is -0.119. The average Bonchev–Trinajstić information content (AvgIpc) is 2.93. The smallest absolute Gasteiger partial charge is 0.343 e. The molecule has 10 nitrogen and oxygen atoms in total. The van der Waals surface area contributed by atoms with Gasteiger partial charge in [-0.1, -0.05) is 25.1 Å². The number of rotatable bonds is 13. The lowest BCUT2D eigenvalue weighted by atomic mass is 10.2. The van der Waals surface area contributed by atoms with Gasteiger partial charge < -0.3 is 14.2 Å². The zero-order valence-electron chi connectivity index (χ0n) is 21.0. The number of hydrogen-bond donors (Lipinski definition) is 2. The molecule has 0 heterocycles. The van der Waals surface area contributed by atoms with Crippen LogP contribution in [0.2, 0.25) is 0 Å². The third kappa shape index (κ3) is 8.43. The van der Waals surface area contributed by atoms with Crippen LogP contribution in [0, 0.1) is 0 Å². The van der Waals surface area contributed by atoms with Crippen LogP contribution < -0.4 is 24.4 Å². The summed E-state index contributed by atoms with van der Waals surface area (Å²) < 4.78 is 43.3. The van der Waals surface area contributed by atoms with E-state index in [1.165, 1.54) is 18.3 Å². The first-order chi connectivity index (χ1) is 18.3. The molecular weight excluding hydrogens is 510 g/mol. The summed E-state index contributed by atoms with van der Waals surface area (Å²) in [6.07, 6.45) is 2.24. The minimum absolute atomic E-state index is 0.0542. The highest BCUT2D eigenvalue weighted by atomic mass is 32.2. The van der Waals surface area contributed by atoms with Crippen LogP contribution in [0.4, 0.5) is 0 Å². The zero-order valence-corrected chi connectivity index (χ0v) is 21.9. The fourth-order valence-corrected chi connectivity index (χ4v) is 4.09. The second kappa shape index (κ2) is 13.9. The number of hydrazone groups is 1. The van der Waals surface area contributed by atoms with Crippen LogP contribution in [0.1, 0.15) is 36.2 Å². The maximum absolute atomic E-state index is 12.6. The van der Waals surface area contributed by atoms with Crippen molar-refractivity contribution < 1.29 is 32.2 Å². The molecule has 0 aromatic heterocycles. The van der Waals surface area contributed by atoms with Crippen molar-refractivity contribution in [2.24, 2.45) is 5.10 Å². The molecule has 0 aliphatic carbocycles. The molecule has 3 aromatic rings. The highest BCUT2D eigenvalue weighted by molar-refractivity contribution is 7.89. The number of hydrogen-bond acceptors (Lipinski definition) is 8. The Labute approximate surface area is 221 Å². The van der Waals surface area contributed by atoms with Gasteiger partial charge in [0.1, 0.15) is 5.75 Å². The Morgan fingerprint density at radius 2 is 1.66 bits per heavy atom. The van der Waals surface area contributed by atoms with Crippen LogP contribution in [-0.4, -0.2) is 46.3 Å². The molecule has 3 rings (SSSR count). The van der Waals surface area contributed by atoms with Gasteiger partial charge in [-0.25, -0.2) is 23.4 Å². The topological polar surface area (TPSA) is 132 Å². The summed E-state index contributed by atoms with van der Waals surface area (Å²) >= 11 is 0. The predicted molar refractivity (Wildman–Crippen MR) is 142 cm³/mol. The molecule has 0 saturated heterocycles. The average molecular weight is 540 g/mol. The Hall–Kier alpha value is -4.22. The molecule has 2 N–H and O–H groups in total. The second-order valence-corrected chi connectivity index (χ2v) is 9.60. The first-order valence-electron chi connectivity index (χ1n) is 11.9. The van der Waals surface area contributed by atoms with Crippen LogP contribution in [0.3, 0.4) is 0 Å². The second-order valence-electron chi connectivity index (χ2n) is 7.83. The molecular formula is C27H29N3O7S. The van der Waals surface area contributed by atoms with Crippen LogP contribution in [-0.2, 0) is 14.8 Å². The Bertz CT molecular complexity index is 1360. The van der Waals surface area contributed by atoms with E-state index in [1.807, 2.05) is 6.92 Å². The molecule has 0 saturated carbocycles. The quantitative estimate of drug-likeness (QED) is 0.147. The largest absolute Gasteiger partial charge is 0.494 e. The number of nitrogens with zero attached hydrogens (tertiary/aromatic N) is 1. The lowest BCUT2D eigenvalue weighted by Gasteiger charge is -2.12. The zero-order chi connectivity index (χ0) is 27.4. The molecule has 0 radical (unpaired) electrons. The van der Waals surface area contributed by atoms with Gasteiger partial charge in [-0.3, -0.25) is 4.79 Å². The standard InChI is InChI=1S/C27H29N3O7S/c1-3-16-36-22-13-11-21(12-14-22)27(32)37-24-15-10-20(17-25(24)35-4-2)18-28-30-26(31)19-29-38(33,34)23-8-6-5-7-9-23/h5-15,17-18,29H,3-4,16,19H2,1-2H3,(H,30,31)/b28-18+. The van der Waals surface area contributed by atoms with E-state index in [4.69, 9.17) is 14.2 Å². The number of carbonyl (C=O) groups is 2. The summed E-state index contributed by atoms with van der Waals surface area (Å²) in [5, 5.41) is 3.85. The molecule has 0 bridgehead atoms. The van der Waals surface area contributed by atoms with Crippen molar-refractivity contribution in [3.8, 4) is 17.2 Å². The SMILES string of the molecule is CCCOc1ccc(C(=O)Oc2ccc(/C=N/NC(=O)CNS(=O)(=O)c3ccccc3)cc2OCC)cc1. The maximum atomic E-state index is 12.6. The van der Waals surface area contributed by atoms with Crippen molar-refractivity contribution in [1.29, 1.82) is 0 Å². The van der Waals surface area contributed by atoms with Crippen molar-refractivity contribution in [1.82, 2.24) is 10.1 Å². The summed E-state index contributed by atoms with van der Waals surface area (Å²) in [4.78, 5) is 24.7. The van der Waals surface area contributed by atoms with Gasteiger partial charge in [-0.05, 0) is 73.5 Å². The Kier molecular flexibility index (Phi) is 10.4. The van der Waals surface area contributed by atoms with Crippen LogP contribution in [0.15, 0.2) is 82.8 Å². The van der Waals surface area contributed by atoms with Crippen LogP contribution in [0.25, 0.3) is 0 Å². The van der Waals surface area contributed by atoms with Gasteiger partial charge in [0.15, 0.2) is 11.5 Å². The number of nitrogens with one attached hydrogen (secondary N) is 2. The third-order valence-electron chi connectivity index (χ3n) is 4.91. The van der Waals surface area contributed by atoms with E-state index in [1.54, 1.807) is 67.6 Å². The van der Waals surface area contributed by atoms with E-state index in [0.717, 1.165) is 6.42 Å². The summed E-state index contributed by atoms with van der Waals surface area (Å²) in [5.74, 6) is -0.000807. The highest BCUT2D eigenvalue weighted by Gasteiger charge is 2.15. The monoisotopic (exact) mass is 539 g/mol. The fraction of sp³-hybridized carbons (Fsp3) is 0.222. The van der Waals surface area contributed by atoms with E-state index < -0.39 is 28.4 Å². The van der Waals surface area contributed by atoms with E-state index in [0.29, 0.717) is 35.8 Å². The Morgan fingerprint density at radius 3 is 2.34 bits per heavy atom. The number of amides is 1. The van der Waals surface area contributed by atoms with Gasteiger partial charge in [0.25, 0.3) is 5.91 Å². The first-order valence-corrected chi connectivity index (χ1v) is 13.4. The Morgan fingerprint density at radius 1 is 0.921 bits per heavy atom. The lowest BCUT2D eigenvalue weighted by Crippen LogP contribution is -2.34. The van der Waals surface area contributed by atoms with Crippen LogP contribution in [0.5, 0.6) is 17.2 Å². The molecule has 0 aliphatic heterocycles. The van der Waals surface area contributed by atoms with Gasteiger partial charge in [0.05, 0.1) is 36.4 Å². The van der Waals surface area contributed by atoms with Crippen molar-refractivity contribution in [3.05, 3.63) is 83.9 Å². The van der Waals surface area contributed by atoms with Crippen molar-refractivity contribution in [3.63, 3.8) is 0 Å². The molecule has 0 spiro atoms. The molecule has 1 amide bonds. The van der Waals surface area contributed by atoms with E-state index in [9.17, 15) is 18.0 Å². The molecule has 200 valence electrons. The minimum Gasteiger partial charge on any atom is -0.494 e.